The first-order chi connectivity index (χ1) is 11.5. The van der Waals surface area contributed by atoms with Crippen molar-refractivity contribution < 1.29 is 9.91 Å². The normalized spacial score (nSPS) is 12.3. The quantitative estimate of drug-likeness (QED) is 0.381. The number of benzene rings is 2. The predicted molar refractivity (Wildman–Crippen MR) is 95.2 cm³/mol. The van der Waals surface area contributed by atoms with E-state index in [1.807, 2.05) is 24.3 Å². The van der Waals surface area contributed by atoms with Gasteiger partial charge in [0.15, 0.2) is 11.0 Å². The second-order valence-electron chi connectivity index (χ2n) is 5.17. The number of aromatic nitrogens is 2. The summed E-state index contributed by atoms with van der Waals surface area (Å²) < 4.78 is 2.55. The zero-order valence-corrected chi connectivity index (χ0v) is 14.4. The molecule has 2 aromatic carbocycles. The monoisotopic (exact) mass is 402 g/mol. The highest BCUT2D eigenvalue weighted by Gasteiger charge is 2.18. The second-order valence-corrected chi connectivity index (χ2v) is 7.05. The van der Waals surface area contributed by atoms with Crippen molar-refractivity contribution in [3.8, 4) is 0 Å². The molecule has 0 saturated heterocycles. The summed E-state index contributed by atoms with van der Waals surface area (Å²) in [7, 11) is 0. The molecule has 0 aliphatic rings. The minimum absolute atomic E-state index is 0.0311. The SMILES string of the molecule is O=c1c(=Cc2ccc(Br)c([N+](=O)[O-])c2)sc2[nH+]c3ccccc3n12. The molecule has 0 saturated carbocycles. The second kappa shape index (κ2) is 5.50. The largest absolute Gasteiger partial charge is 0.357 e. The van der Waals surface area contributed by atoms with Gasteiger partial charge in [-0.3, -0.25) is 10.1 Å². The zero-order valence-electron chi connectivity index (χ0n) is 12.0. The number of hydrogen-bond acceptors (Lipinski definition) is 4. The van der Waals surface area contributed by atoms with E-state index in [9.17, 15) is 14.9 Å². The van der Waals surface area contributed by atoms with Crippen molar-refractivity contribution in [2.24, 2.45) is 0 Å². The molecule has 0 aliphatic heterocycles. The number of para-hydroxylation sites is 2. The molecule has 0 fully saturated rings. The van der Waals surface area contributed by atoms with Crippen molar-refractivity contribution in [2.45, 2.75) is 0 Å². The van der Waals surface area contributed by atoms with Gasteiger partial charge in [-0.25, -0.2) is 9.78 Å². The number of nitro groups is 1. The summed E-state index contributed by atoms with van der Waals surface area (Å²) in [5.41, 5.74) is 2.15. The van der Waals surface area contributed by atoms with Crippen LogP contribution in [0.2, 0.25) is 0 Å². The fraction of sp³-hybridized carbons (Fsp3) is 0. The van der Waals surface area contributed by atoms with E-state index in [-0.39, 0.29) is 11.2 Å². The molecule has 6 nitrogen and oxygen atoms in total. The minimum atomic E-state index is -0.458. The van der Waals surface area contributed by atoms with Crippen molar-refractivity contribution in [3.05, 3.63) is 77.5 Å². The molecule has 0 unspecified atom stereocenters. The molecule has 1 N–H and O–H groups in total. The summed E-state index contributed by atoms with van der Waals surface area (Å²) in [6, 6.07) is 12.4. The molecule has 0 bridgehead atoms. The molecular formula is C16H9BrN3O3S+. The Morgan fingerprint density at radius 1 is 1.25 bits per heavy atom. The van der Waals surface area contributed by atoms with E-state index < -0.39 is 4.92 Å². The van der Waals surface area contributed by atoms with Crippen molar-refractivity contribution >= 4 is 55.0 Å². The van der Waals surface area contributed by atoms with Gasteiger partial charge in [-0.1, -0.05) is 18.2 Å². The molecule has 4 rings (SSSR count). The predicted octanol–water partition coefficient (Wildman–Crippen LogP) is 2.55. The Morgan fingerprint density at radius 2 is 2.04 bits per heavy atom. The maximum atomic E-state index is 12.7. The average Bonchev–Trinajstić information content (AvgIpc) is 3.06. The fourth-order valence-electron chi connectivity index (χ4n) is 2.59. The number of nitro benzene ring substituents is 1. The van der Waals surface area contributed by atoms with Crippen LogP contribution < -0.4 is 15.1 Å². The van der Waals surface area contributed by atoms with Gasteiger partial charge in [0.1, 0.15) is 4.53 Å². The minimum Gasteiger partial charge on any atom is -0.258 e. The number of thiazole rings is 1. The maximum Gasteiger partial charge on any atom is 0.357 e. The number of hydrogen-bond donors (Lipinski definition) is 0. The van der Waals surface area contributed by atoms with E-state index >= 15 is 0 Å². The molecule has 0 aliphatic carbocycles. The molecule has 2 aromatic heterocycles. The molecule has 4 aromatic rings. The summed E-state index contributed by atoms with van der Waals surface area (Å²) in [5, 5.41) is 11.0. The third kappa shape index (κ3) is 2.31. The molecular weight excluding hydrogens is 394 g/mol. The number of rotatable bonds is 2. The van der Waals surface area contributed by atoms with Gasteiger partial charge < -0.3 is 0 Å². The Kier molecular flexibility index (Phi) is 3.43. The van der Waals surface area contributed by atoms with Crippen LogP contribution in [0, 0.1) is 10.1 Å². The van der Waals surface area contributed by atoms with Crippen molar-refractivity contribution in [3.63, 3.8) is 0 Å². The van der Waals surface area contributed by atoms with E-state index in [2.05, 4.69) is 20.9 Å². The summed E-state index contributed by atoms with van der Waals surface area (Å²) in [6.07, 6.45) is 1.67. The number of aromatic amines is 1. The van der Waals surface area contributed by atoms with Crippen LogP contribution in [0.4, 0.5) is 5.69 Å². The molecule has 0 atom stereocenters. The highest BCUT2D eigenvalue weighted by Crippen LogP contribution is 2.25. The molecule has 118 valence electrons. The van der Waals surface area contributed by atoms with Crippen molar-refractivity contribution in [1.82, 2.24) is 4.40 Å². The molecule has 0 amide bonds. The summed E-state index contributed by atoms with van der Waals surface area (Å²) in [4.78, 5) is 27.2. The molecule has 0 radical (unpaired) electrons. The Balaban J connectivity index is 1.95. The lowest BCUT2D eigenvalue weighted by Crippen LogP contribution is -2.22. The van der Waals surface area contributed by atoms with E-state index in [1.165, 1.54) is 17.4 Å². The fourth-order valence-corrected chi connectivity index (χ4v) is 3.99. The number of H-pyrrole nitrogens is 1. The molecule has 8 heteroatoms. The van der Waals surface area contributed by atoms with Crippen LogP contribution in [-0.2, 0) is 0 Å². The van der Waals surface area contributed by atoms with E-state index in [1.54, 1.807) is 22.6 Å². The van der Waals surface area contributed by atoms with E-state index in [4.69, 9.17) is 0 Å². The third-order valence-corrected chi connectivity index (χ3v) is 5.34. The third-order valence-electron chi connectivity index (χ3n) is 3.67. The van der Waals surface area contributed by atoms with Gasteiger partial charge in [0, 0.05) is 6.07 Å². The zero-order chi connectivity index (χ0) is 16.8. The average molecular weight is 403 g/mol. The van der Waals surface area contributed by atoms with Gasteiger partial charge in [0.25, 0.3) is 5.69 Å². The van der Waals surface area contributed by atoms with Crippen LogP contribution in [0.15, 0.2) is 51.7 Å². The first kappa shape index (κ1) is 15.0. The first-order valence-electron chi connectivity index (χ1n) is 6.95. The van der Waals surface area contributed by atoms with Crippen LogP contribution in [0.1, 0.15) is 5.56 Å². The van der Waals surface area contributed by atoms with Crippen LogP contribution in [-0.4, -0.2) is 9.32 Å². The van der Waals surface area contributed by atoms with E-state index in [0.717, 1.165) is 16.0 Å². The summed E-state index contributed by atoms with van der Waals surface area (Å²) in [6.45, 7) is 0. The lowest BCUT2D eigenvalue weighted by atomic mass is 10.2. The Hall–Kier alpha value is -2.58. The van der Waals surface area contributed by atoms with Crippen molar-refractivity contribution in [2.75, 3.05) is 0 Å². The Labute approximate surface area is 147 Å². The topological polar surface area (TPSA) is 78.8 Å². The van der Waals surface area contributed by atoms with Gasteiger partial charge in [-0.15, -0.1) is 4.40 Å². The number of imidazole rings is 1. The van der Waals surface area contributed by atoms with Gasteiger partial charge in [-0.2, -0.15) is 0 Å². The summed E-state index contributed by atoms with van der Waals surface area (Å²) in [5.74, 6) is 0. The lowest BCUT2D eigenvalue weighted by molar-refractivity contribution is -0.385. The number of nitrogens with zero attached hydrogens (tertiary/aromatic N) is 2. The highest BCUT2D eigenvalue weighted by molar-refractivity contribution is 9.10. The number of nitrogens with one attached hydrogen (secondary N) is 1. The van der Waals surface area contributed by atoms with E-state index in [0.29, 0.717) is 14.6 Å². The maximum absolute atomic E-state index is 12.7. The Bertz CT molecular complexity index is 1230. The molecule has 0 spiro atoms. The van der Waals surface area contributed by atoms with Gasteiger partial charge in [0.2, 0.25) is 0 Å². The van der Waals surface area contributed by atoms with Gasteiger partial charge >= 0.3 is 10.5 Å². The summed E-state index contributed by atoms with van der Waals surface area (Å²) >= 11 is 4.48. The van der Waals surface area contributed by atoms with Crippen LogP contribution >= 0.6 is 27.3 Å². The van der Waals surface area contributed by atoms with Gasteiger partial charge in [-0.05, 0) is 57.1 Å². The van der Waals surface area contributed by atoms with Gasteiger partial charge in [0.05, 0.1) is 9.40 Å². The van der Waals surface area contributed by atoms with Crippen LogP contribution in [0.3, 0.4) is 0 Å². The standard InChI is InChI=1S/C16H8BrN3O3S/c17-10-6-5-9(7-13(10)20(22)23)8-14-15(21)19-12-4-2-1-3-11(12)18-16(19)24-14/h1-8H/p+1. The Morgan fingerprint density at radius 3 is 2.83 bits per heavy atom. The smallest absolute Gasteiger partial charge is 0.258 e. The number of fused-ring (bicyclic) bond motifs is 3. The first-order valence-corrected chi connectivity index (χ1v) is 8.56. The molecule has 24 heavy (non-hydrogen) atoms. The van der Waals surface area contributed by atoms with Crippen LogP contribution in [0.25, 0.3) is 22.1 Å². The lowest BCUT2D eigenvalue weighted by Gasteiger charge is -1.96. The molecule has 2 heterocycles. The highest BCUT2D eigenvalue weighted by atomic mass is 79.9. The van der Waals surface area contributed by atoms with Crippen LogP contribution in [0.5, 0.6) is 0 Å². The number of halogens is 1. The van der Waals surface area contributed by atoms with Crippen molar-refractivity contribution in [1.29, 1.82) is 0 Å².